The third kappa shape index (κ3) is 5.40. The van der Waals surface area contributed by atoms with Crippen molar-refractivity contribution in [1.82, 2.24) is 9.62 Å². The van der Waals surface area contributed by atoms with Gasteiger partial charge in [-0.2, -0.15) is 0 Å². The highest BCUT2D eigenvalue weighted by atomic mass is 32.2. The van der Waals surface area contributed by atoms with Crippen molar-refractivity contribution in [2.45, 2.75) is 24.7 Å². The molecule has 0 fully saturated rings. The Morgan fingerprint density at radius 3 is 2.25 bits per heavy atom. The number of hydrogen-bond donors (Lipinski definition) is 2. The lowest BCUT2D eigenvalue weighted by atomic mass is 10.0. The van der Waals surface area contributed by atoms with Crippen LogP contribution in [0.25, 0.3) is 0 Å². The number of carbonyl (C=O) groups is 2. The highest BCUT2D eigenvalue weighted by Gasteiger charge is 2.19. The summed E-state index contributed by atoms with van der Waals surface area (Å²) in [5.41, 5.74) is 1.97. The fourth-order valence-electron chi connectivity index (χ4n) is 2.43. The molecule has 0 heterocycles. The molecule has 2 aromatic rings. The van der Waals surface area contributed by atoms with Gasteiger partial charge in [0.2, 0.25) is 15.9 Å². The summed E-state index contributed by atoms with van der Waals surface area (Å²) in [5.74, 6) is -0.500. The number of benzene rings is 2. The summed E-state index contributed by atoms with van der Waals surface area (Å²) < 4.78 is 25.4. The van der Waals surface area contributed by atoms with E-state index in [0.717, 1.165) is 4.31 Å². The van der Waals surface area contributed by atoms with E-state index in [1.165, 1.54) is 43.9 Å². The van der Waals surface area contributed by atoms with Crippen molar-refractivity contribution < 1.29 is 18.0 Å². The maximum Gasteiger partial charge on any atom is 0.251 e. The van der Waals surface area contributed by atoms with Crippen LogP contribution in [0.1, 0.15) is 35.7 Å². The Hall–Kier alpha value is -2.71. The van der Waals surface area contributed by atoms with Gasteiger partial charge < -0.3 is 10.6 Å². The summed E-state index contributed by atoms with van der Waals surface area (Å²) in [5, 5.41) is 5.21. The van der Waals surface area contributed by atoms with Crippen LogP contribution in [0.4, 0.5) is 5.69 Å². The van der Waals surface area contributed by atoms with Crippen LogP contribution < -0.4 is 10.6 Å². The lowest BCUT2D eigenvalue weighted by molar-refractivity contribution is -0.115. The van der Waals surface area contributed by atoms with Crippen molar-refractivity contribution in [3.8, 4) is 0 Å². The number of rotatable bonds is 7. The average Bonchev–Trinajstić information content (AvgIpc) is 2.66. The molecule has 0 saturated heterocycles. The third-order valence-electron chi connectivity index (χ3n) is 4.15. The summed E-state index contributed by atoms with van der Waals surface area (Å²) in [4.78, 5) is 24.3. The fourth-order valence-corrected chi connectivity index (χ4v) is 3.38. The summed E-state index contributed by atoms with van der Waals surface area (Å²) in [6.45, 7) is 3.94. The number of nitrogens with one attached hydrogen (secondary N) is 2. The first-order valence-corrected chi connectivity index (χ1v) is 10.3. The molecule has 8 heteroatoms. The predicted molar refractivity (Wildman–Crippen MR) is 109 cm³/mol. The van der Waals surface area contributed by atoms with Crippen molar-refractivity contribution in [3.05, 3.63) is 59.7 Å². The number of hydrogen-bond acceptors (Lipinski definition) is 4. The summed E-state index contributed by atoms with van der Waals surface area (Å²) >= 11 is 0. The van der Waals surface area contributed by atoms with Crippen LogP contribution in [0, 0.1) is 0 Å². The lowest BCUT2D eigenvalue weighted by Gasteiger charge is -2.12. The quantitative estimate of drug-likeness (QED) is 0.742. The predicted octanol–water partition coefficient (Wildman–Crippen LogP) is 2.43. The van der Waals surface area contributed by atoms with Crippen molar-refractivity contribution in [1.29, 1.82) is 0 Å². The zero-order valence-electron chi connectivity index (χ0n) is 16.4. The van der Waals surface area contributed by atoms with Crippen molar-refractivity contribution in [2.24, 2.45) is 0 Å². The fraction of sp³-hybridized carbons (Fsp3) is 0.300. The molecule has 0 aliphatic rings. The molecule has 0 aromatic heterocycles. The Labute approximate surface area is 165 Å². The van der Waals surface area contributed by atoms with E-state index in [1.54, 1.807) is 0 Å². The first-order valence-electron chi connectivity index (χ1n) is 8.82. The van der Waals surface area contributed by atoms with E-state index in [0.29, 0.717) is 11.6 Å². The normalized spacial score (nSPS) is 11.5. The van der Waals surface area contributed by atoms with Crippen LogP contribution in [0.5, 0.6) is 0 Å². The second-order valence-corrected chi connectivity index (χ2v) is 8.97. The molecule has 2 N–H and O–H groups in total. The van der Waals surface area contributed by atoms with E-state index >= 15 is 0 Å². The van der Waals surface area contributed by atoms with E-state index < -0.39 is 15.9 Å². The van der Waals surface area contributed by atoms with Crippen molar-refractivity contribution in [3.63, 3.8) is 0 Å². The molecular formula is C20H25N3O4S. The van der Waals surface area contributed by atoms with Gasteiger partial charge in [-0.1, -0.05) is 32.0 Å². The molecule has 0 aliphatic carbocycles. The zero-order valence-corrected chi connectivity index (χ0v) is 17.2. The minimum atomic E-state index is -3.64. The molecular weight excluding hydrogens is 378 g/mol. The van der Waals surface area contributed by atoms with E-state index in [1.807, 2.05) is 24.3 Å². The zero-order chi connectivity index (χ0) is 20.9. The number of carbonyl (C=O) groups excluding carboxylic acids is 2. The molecule has 28 heavy (non-hydrogen) atoms. The maximum atomic E-state index is 12.3. The van der Waals surface area contributed by atoms with Gasteiger partial charge >= 0.3 is 0 Å². The first-order chi connectivity index (χ1) is 13.1. The molecule has 0 bridgehead atoms. The minimum Gasteiger partial charge on any atom is -0.343 e. The van der Waals surface area contributed by atoms with Gasteiger partial charge in [-0.3, -0.25) is 9.59 Å². The van der Waals surface area contributed by atoms with Gasteiger partial charge in [0, 0.05) is 25.3 Å². The second kappa shape index (κ2) is 8.99. The van der Waals surface area contributed by atoms with Gasteiger partial charge in [0.05, 0.1) is 11.4 Å². The van der Waals surface area contributed by atoms with Gasteiger partial charge in [-0.25, -0.2) is 12.7 Å². The van der Waals surface area contributed by atoms with E-state index in [2.05, 4.69) is 24.5 Å². The molecule has 0 spiro atoms. The maximum absolute atomic E-state index is 12.3. The highest BCUT2D eigenvalue weighted by Crippen LogP contribution is 2.17. The smallest absolute Gasteiger partial charge is 0.251 e. The Morgan fingerprint density at radius 2 is 1.68 bits per heavy atom. The van der Waals surface area contributed by atoms with Gasteiger partial charge in [-0.15, -0.1) is 0 Å². The molecule has 0 unspecified atom stereocenters. The summed E-state index contributed by atoms with van der Waals surface area (Å²) in [6, 6.07) is 13.2. The Kier molecular flexibility index (Phi) is 6.93. The molecule has 0 aliphatic heterocycles. The largest absolute Gasteiger partial charge is 0.343 e. The van der Waals surface area contributed by atoms with Gasteiger partial charge in [0.1, 0.15) is 0 Å². The van der Waals surface area contributed by atoms with Gasteiger partial charge in [0.15, 0.2) is 0 Å². The SMILES string of the molecule is CC(C)c1ccc(NC(=O)CNC(=O)c2cccc(S(=O)(=O)N(C)C)c2)cc1. The number of sulfonamides is 1. The molecule has 0 saturated carbocycles. The highest BCUT2D eigenvalue weighted by molar-refractivity contribution is 7.89. The van der Waals surface area contributed by atoms with Crippen LogP contribution in [0.3, 0.4) is 0 Å². The number of nitrogens with zero attached hydrogens (tertiary/aromatic N) is 1. The molecule has 0 radical (unpaired) electrons. The molecule has 2 aromatic carbocycles. The van der Waals surface area contributed by atoms with E-state index in [9.17, 15) is 18.0 Å². The van der Waals surface area contributed by atoms with Crippen LogP contribution in [0.15, 0.2) is 53.4 Å². The summed E-state index contributed by atoms with van der Waals surface area (Å²) in [6.07, 6.45) is 0. The second-order valence-electron chi connectivity index (χ2n) is 6.82. The van der Waals surface area contributed by atoms with Crippen LogP contribution in [0.2, 0.25) is 0 Å². The topological polar surface area (TPSA) is 95.6 Å². The molecule has 2 amide bonds. The lowest BCUT2D eigenvalue weighted by Crippen LogP contribution is -2.33. The average molecular weight is 404 g/mol. The van der Waals surface area contributed by atoms with Gasteiger partial charge in [0.25, 0.3) is 5.91 Å². The number of amides is 2. The summed E-state index contributed by atoms with van der Waals surface area (Å²) in [7, 11) is -0.807. The molecule has 2 rings (SSSR count). The van der Waals surface area contributed by atoms with Gasteiger partial charge in [-0.05, 0) is 41.8 Å². The minimum absolute atomic E-state index is 0.0137. The first kappa shape index (κ1) is 21.6. The Balaban J connectivity index is 1.97. The van der Waals surface area contributed by atoms with Crippen LogP contribution in [-0.4, -0.2) is 45.2 Å². The van der Waals surface area contributed by atoms with E-state index in [4.69, 9.17) is 0 Å². The van der Waals surface area contributed by atoms with Crippen molar-refractivity contribution >= 4 is 27.5 Å². The van der Waals surface area contributed by atoms with Crippen LogP contribution >= 0.6 is 0 Å². The Morgan fingerprint density at radius 1 is 1.04 bits per heavy atom. The van der Waals surface area contributed by atoms with E-state index in [-0.39, 0.29) is 22.9 Å². The Bertz CT molecular complexity index is 952. The molecule has 0 atom stereocenters. The van der Waals surface area contributed by atoms with Crippen LogP contribution in [-0.2, 0) is 14.8 Å². The van der Waals surface area contributed by atoms with Crippen molar-refractivity contribution in [2.75, 3.05) is 26.0 Å². The standard InChI is InChI=1S/C20H25N3O4S/c1-14(2)15-8-10-17(11-9-15)22-19(24)13-21-20(25)16-6-5-7-18(12-16)28(26,27)23(3)4/h5-12,14H,13H2,1-4H3,(H,21,25)(H,22,24). The third-order valence-corrected chi connectivity index (χ3v) is 5.96. The molecule has 7 nitrogen and oxygen atoms in total. The monoisotopic (exact) mass is 403 g/mol. The molecule has 150 valence electrons. The number of anilines is 1.